The van der Waals surface area contributed by atoms with E-state index in [1.54, 1.807) is 39.8 Å². The molecule has 0 aromatic heterocycles. The van der Waals surface area contributed by atoms with Crippen LogP contribution in [0.2, 0.25) is 0 Å². The first-order valence-corrected chi connectivity index (χ1v) is 7.87. The highest BCUT2D eigenvalue weighted by Crippen LogP contribution is 2.27. The third-order valence-electron chi connectivity index (χ3n) is 4.01. The molecule has 0 radical (unpaired) electrons. The van der Waals surface area contributed by atoms with Gasteiger partial charge in [0, 0.05) is 20.2 Å². The molecule has 26 heavy (non-hydrogen) atoms. The molecule has 1 rings (SSSR count). The summed E-state index contributed by atoms with van der Waals surface area (Å²) in [5.74, 6) is -1.64. The Morgan fingerprint density at radius 1 is 1.42 bits per heavy atom. The molecule has 9 nitrogen and oxygen atoms in total. The van der Waals surface area contributed by atoms with Gasteiger partial charge >= 0.3 is 5.97 Å². The normalized spacial score (nSPS) is 12.7. The third kappa shape index (κ3) is 4.92. The number of nitrogens with zero attached hydrogens (tertiary/aromatic N) is 3. The van der Waals surface area contributed by atoms with Crippen molar-refractivity contribution in [2.45, 2.75) is 26.3 Å². The number of anilines is 1. The van der Waals surface area contributed by atoms with Crippen LogP contribution >= 0.6 is 0 Å². The lowest BCUT2D eigenvalue weighted by Gasteiger charge is -2.27. The van der Waals surface area contributed by atoms with E-state index in [1.165, 1.54) is 12.1 Å². The van der Waals surface area contributed by atoms with Crippen molar-refractivity contribution in [2.24, 2.45) is 5.92 Å². The van der Waals surface area contributed by atoms with Crippen LogP contribution in [0.3, 0.4) is 0 Å². The number of hydrogen-bond donors (Lipinski definition) is 1. The van der Waals surface area contributed by atoms with Crippen molar-refractivity contribution in [1.82, 2.24) is 5.32 Å². The van der Waals surface area contributed by atoms with Crippen molar-refractivity contribution in [2.75, 3.05) is 25.6 Å². The zero-order chi connectivity index (χ0) is 20.1. The van der Waals surface area contributed by atoms with Crippen LogP contribution in [0.1, 0.15) is 31.1 Å². The van der Waals surface area contributed by atoms with Crippen LogP contribution in [-0.4, -0.2) is 43.0 Å². The predicted molar refractivity (Wildman–Crippen MR) is 94.7 cm³/mol. The Kier molecular flexibility index (Phi) is 6.66. The summed E-state index contributed by atoms with van der Waals surface area (Å²) < 4.78 is 4.90. The van der Waals surface area contributed by atoms with E-state index >= 15 is 0 Å². The fourth-order valence-electron chi connectivity index (χ4n) is 2.02. The van der Waals surface area contributed by atoms with Crippen LogP contribution in [0.5, 0.6) is 0 Å². The number of nitrogens with one attached hydrogen (secondary N) is 1. The lowest BCUT2D eigenvalue weighted by Crippen LogP contribution is -2.50. The smallest absolute Gasteiger partial charge is 0.338 e. The van der Waals surface area contributed by atoms with E-state index in [0.29, 0.717) is 5.69 Å². The number of hydrogen-bond acceptors (Lipinski definition) is 7. The molecule has 0 aliphatic carbocycles. The number of nitro benzene ring substituents is 1. The van der Waals surface area contributed by atoms with E-state index in [1.807, 2.05) is 6.07 Å². The Labute approximate surface area is 151 Å². The van der Waals surface area contributed by atoms with Gasteiger partial charge in [0.05, 0.1) is 16.6 Å². The molecule has 1 aromatic rings. The van der Waals surface area contributed by atoms with Crippen molar-refractivity contribution >= 4 is 23.3 Å². The first-order valence-electron chi connectivity index (χ1n) is 7.87. The Bertz CT molecular complexity index is 754. The van der Waals surface area contributed by atoms with Gasteiger partial charge in [-0.2, -0.15) is 5.26 Å². The van der Waals surface area contributed by atoms with Crippen molar-refractivity contribution < 1.29 is 19.2 Å². The van der Waals surface area contributed by atoms with E-state index in [-0.39, 0.29) is 17.2 Å². The largest absolute Gasteiger partial charge is 0.452 e. The van der Waals surface area contributed by atoms with E-state index in [4.69, 9.17) is 4.74 Å². The second-order valence-corrected chi connectivity index (χ2v) is 6.45. The SMILES string of the molecule is CC(C)C(C)(C#N)NC(=O)COC(=O)c1ccc(N(C)C)c([N+](=O)[O-])c1. The summed E-state index contributed by atoms with van der Waals surface area (Å²) >= 11 is 0. The molecule has 0 heterocycles. The minimum absolute atomic E-state index is 0.0398. The van der Waals surface area contributed by atoms with E-state index < -0.39 is 28.9 Å². The first kappa shape index (κ1) is 20.9. The number of esters is 1. The summed E-state index contributed by atoms with van der Waals surface area (Å²) in [6, 6.07) is 5.93. The predicted octanol–water partition coefficient (Wildman–Crippen LogP) is 1.87. The van der Waals surface area contributed by atoms with Crippen LogP contribution < -0.4 is 10.2 Å². The van der Waals surface area contributed by atoms with E-state index in [9.17, 15) is 25.0 Å². The van der Waals surface area contributed by atoms with Gasteiger partial charge in [-0.3, -0.25) is 14.9 Å². The highest BCUT2D eigenvalue weighted by molar-refractivity contribution is 5.93. The van der Waals surface area contributed by atoms with Crippen LogP contribution in [0.4, 0.5) is 11.4 Å². The summed E-state index contributed by atoms with van der Waals surface area (Å²) in [4.78, 5) is 36.1. The lowest BCUT2D eigenvalue weighted by atomic mass is 9.90. The maximum atomic E-state index is 12.1. The van der Waals surface area contributed by atoms with Gasteiger partial charge in [-0.15, -0.1) is 0 Å². The highest BCUT2D eigenvalue weighted by Gasteiger charge is 2.30. The van der Waals surface area contributed by atoms with Crippen molar-refractivity contribution in [3.8, 4) is 6.07 Å². The molecule has 1 N–H and O–H groups in total. The number of benzene rings is 1. The third-order valence-corrected chi connectivity index (χ3v) is 4.01. The summed E-state index contributed by atoms with van der Waals surface area (Å²) in [6.45, 7) is 4.54. The van der Waals surface area contributed by atoms with Gasteiger partial charge in [-0.1, -0.05) is 13.8 Å². The fraction of sp³-hybridized carbons (Fsp3) is 0.471. The number of amides is 1. The van der Waals surface area contributed by atoms with Crippen molar-refractivity contribution in [1.29, 1.82) is 5.26 Å². The molecule has 0 spiro atoms. The fourth-order valence-corrected chi connectivity index (χ4v) is 2.02. The van der Waals surface area contributed by atoms with E-state index in [2.05, 4.69) is 5.32 Å². The average molecular weight is 362 g/mol. The molecular weight excluding hydrogens is 340 g/mol. The quantitative estimate of drug-likeness (QED) is 0.446. The average Bonchev–Trinajstić information content (AvgIpc) is 2.58. The highest BCUT2D eigenvalue weighted by atomic mass is 16.6. The second-order valence-electron chi connectivity index (χ2n) is 6.45. The Balaban J connectivity index is 2.83. The minimum atomic E-state index is -1.09. The number of carbonyl (C=O) groups is 2. The van der Waals surface area contributed by atoms with Crippen molar-refractivity contribution in [3.05, 3.63) is 33.9 Å². The Hall–Kier alpha value is -3.15. The van der Waals surface area contributed by atoms with Crippen LogP contribution in [0.25, 0.3) is 0 Å². The summed E-state index contributed by atoms with van der Waals surface area (Å²) in [5, 5.41) is 22.8. The maximum Gasteiger partial charge on any atom is 0.338 e. The van der Waals surface area contributed by atoms with Gasteiger partial charge in [0.1, 0.15) is 11.2 Å². The summed E-state index contributed by atoms with van der Waals surface area (Å²) in [7, 11) is 3.29. The minimum Gasteiger partial charge on any atom is -0.452 e. The van der Waals surface area contributed by atoms with E-state index in [0.717, 1.165) is 6.07 Å². The van der Waals surface area contributed by atoms with Gasteiger partial charge in [0.15, 0.2) is 6.61 Å². The van der Waals surface area contributed by atoms with Gasteiger partial charge in [-0.25, -0.2) is 4.79 Å². The standard InChI is InChI=1S/C17H22N4O5/c1-11(2)17(3,10-18)19-15(22)9-26-16(23)12-6-7-13(20(4)5)14(8-12)21(24)25/h6-8,11H,9H2,1-5H3,(H,19,22). The maximum absolute atomic E-state index is 12.1. The molecule has 0 saturated carbocycles. The summed E-state index contributed by atoms with van der Waals surface area (Å²) in [5.41, 5.74) is -1.03. The molecule has 1 amide bonds. The van der Waals surface area contributed by atoms with Gasteiger partial charge < -0.3 is 15.0 Å². The topological polar surface area (TPSA) is 126 Å². The molecule has 0 aliphatic rings. The first-order chi connectivity index (χ1) is 12.0. The zero-order valence-electron chi connectivity index (χ0n) is 15.4. The molecule has 140 valence electrons. The van der Waals surface area contributed by atoms with Gasteiger partial charge in [-0.05, 0) is 25.0 Å². The van der Waals surface area contributed by atoms with Crippen LogP contribution in [0.15, 0.2) is 18.2 Å². The zero-order valence-corrected chi connectivity index (χ0v) is 15.4. The number of rotatable bonds is 7. The van der Waals surface area contributed by atoms with Crippen molar-refractivity contribution in [3.63, 3.8) is 0 Å². The van der Waals surface area contributed by atoms with Crippen LogP contribution in [0, 0.1) is 27.4 Å². The molecule has 1 aromatic carbocycles. The lowest BCUT2D eigenvalue weighted by molar-refractivity contribution is -0.384. The molecule has 1 atom stereocenters. The Morgan fingerprint density at radius 3 is 2.50 bits per heavy atom. The number of nitro groups is 1. The molecule has 0 bridgehead atoms. The number of nitriles is 1. The Morgan fingerprint density at radius 2 is 2.04 bits per heavy atom. The monoisotopic (exact) mass is 362 g/mol. The van der Waals surface area contributed by atoms with Crippen LogP contribution in [-0.2, 0) is 9.53 Å². The molecular formula is C17H22N4O5. The molecule has 0 saturated heterocycles. The van der Waals surface area contributed by atoms with Gasteiger partial charge in [0.2, 0.25) is 0 Å². The molecule has 0 aliphatic heterocycles. The molecule has 9 heteroatoms. The number of ether oxygens (including phenoxy) is 1. The second kappa shape index (κ2) is 8.29. The molecule has 0 fully saturated rings. The number of carbonyl (C=O) groups excluding carboxylic acids is 2. The van der Waals surface area contributed by atoms with Gasteiger partial charge in [0.25, 0.3) is 11.6 Å². The molecule has 1 unspecified atom stereocenters. The summed E-state index contributed by atoms with van der Waals surface area (Å²) in [6.07, 6.45) is 0.